The van der Waals surface area contributed by atoms with E-state index in [0.717, 1.165) is 26.1 Å². The van der Waals surface area contributed by atoms with Crippen molar-refractivity contribution in [2.24, 2.45) is 5.92 Å². The van der Waals surface area contributed by atoms with Crippen LogP contribution in [0.15, 0.2) is 42.5 Å². The van der Waals surface area contributed by atoms with Crippen LogP contribution < -0.4 is 5.32 Å². The van der Waals surface area contributed by atoms with Gasteiger partial charge in [-0.1, -0.05) is 42.5 Å². The summed E-state index contributed by atoms with van der Waals surface area (Å²) >= 11 is 0. The summed E-state index contributed by atoms with van der Waals surface area (Å²) in [6, 6.07) is 15.3. The Kier molecular flexibility index (Phi) is 4.60. The molecule has 2 aromatic rings. The number of fused-ring (bicyclic) bond motifs is 1. The van der Waals surface area contributed by atoms with Crippen molar-refractivity contribution in [2.45, 2.75) is 25.3 Å². The van der Waals surface area contributed by atoms with Crippen molar-refractivity contribution in [1.82, 2.24) is 10.2 Å². The van der Waals surface area contributed by atoms with Crippen LogP contribution in [0.25, 0.3) is 10.8 Å². The molecule has 4 rings (SSSR count). The summed E-state index contributed by atoms with van der Waals surface area (Å²) < 4.78 is 0. The van der Waals surface area contributed by atoms with Gasteiger partial charge >= 0.3 is 0 Å². The van der Waals surface area contributed by atoms with Gasteiger partial charge in [-0.3, -0.25) is 4.79 Å². The zero-order valence-corrected chi connectivity index (χ0v) is 14.2. The second-order valence-corrected chi connectivity index (χ2v) is 6.60. The quantitative estimate of drug-likeness (QED) is 0.917. The topological polar surface area (TPSA) is 32.3 Å². The Morgan fingerprint density at radius 3 is 2.78 bits per heavy atom. The van der Waals surface area contributed by atoms with Gasteiger partial charge in [-0.25, -0.2) is 0 Å². The van der Waals surface area contributed by atoms with E-state index in [0.29, 0.717) is 17.9 Å². The number of carbonyl (C=O) groups is 1. The van der Waals surface area contributed by atoms with E-state index in [2.05, 4.69) is 59.6 Å². The maximum atomic E-state index is 12.8. The van der Waals surface area contributed by atoms with E-state index in [4.69, 9.17) is 0 Å². The summed E-state index contributed by atoms with van der Waals surface area (Å²) in [7, 11) is 0. The molecule has 2 unspecified atom stereocenters. The molecule has 2 fully saturated rings. The van der Waals surface area contributed by atoms with Crippen molar-refractivity contribution in [3.8, 4) is 0 Å². The van der Waals surface area contributed by atoms with Gasteiger partial charge in [0.25, 0.3) is 0 Å². The molecule has 0 spiro atoms. The van der Waals surface area contributed by atoms with Crippen LogP contribution in [0.4, 0.5) is 0 Å². The van der Waals surface area contributed by atoms with Gasteiger partial charge in [-0.05, 0) is 35.6 Å². The Morgan fingerprint density at radius 2 is 1.96 bits per heavy atom. The maximum absolute atomic E-state index is 12.8. The van der Waals surface area contributed by atoms with E-state index in [9.17, 15) is 4.79 Å². The number of halogens is 1. The van der Waals surface area contributed by atoms with Gasteiger partial charge < -0.3 is 10.2 Å². The molecule has 0 bridgehead atoms. The molecule has 1 saturated heterocycles. The maximum Gasteiger partial charge on any atom is 0.226 e. The van der Waals surface area contributed by atoms with E-state index in [1.165, 1.54) is 16.3 Å². The molecule has 1 N–H and O–H groups in total. The second-order valence-electron chi connectivity index (χ2n) is 6.60. The molecule has 23 heavy (non-hydrogen) atoms. The van der Waals surface area contributed by atoms with E-state index in [-0.39, 0.29) is 18.3 Å². The van der Waals surface area contributed by atoms with Crippen LogP contribution in [0, 0.1) is 5.92 Å². The Labute approximate surface area is 143 Å². The fraction of sp³-hybridized carbons (Fsp3) is 0.421. The molecule has 3 nitrogen and oxygen atoms in total. The third-order valence-corrected chi connectivity index (χ3v) is 5.11. The number of rotatable bonds is 2. The molecule has 4 heteroatoms. The Morgan fingerprint density at radius 1 is 1.17 bits per heavy atom. The Balaban J connectivity index is 0.00000156. The molecular formula is C19H23ClN2O. The Bertz CT molecular complexity index is 712. The summed E-state index contributed by atoms with van der Waals surface area (Å²) in [6.45, 7) is 4.82. The molecule has 2 aliphatic rings. The number of amides is 1. The highest BCUT2D eigenvalue weighted by Crippen LogP contribution is 2.50. The van der Waals surface area contributed by atoms with Crippen molar-refractivity contribution in [1.29, 1.82) is 0 Å². The second kappa shape index (κ2) is 6.50. The number of hydrogen-bond acceptors (Lipinski definition) is 2. The van der Waals surface area contributed by atoms with Gasteiger partial charge in [-0.2, -0.15) is 0 Å². The summed E-state index contributed by atoms with van der Waals surface area (Å²) in [6.07, 6.45) is 1.00. The zero-order valence-electron chi connectivity index (χ0n) is 13.4. The molecule has 0 radical (unpaired) electrons. The largest absolute Gasteiger partial charge is 0.337 e. The monoisotopic (exact) mass is 330 g/mol. The minimum Gasteiger partial charge on any atom is -0.337 e. The first-order valence-corrected chi connectivity index (χ1v) is 8.24. The lowest BCUT2D eigenvalue weighted by atomic mass is 10.00. The number of piperazine rings is 1. The lowest BCUT2D eigenvalue weighted by molar-refractivity contribution is -0.135. The first kappa shape index (κ1) is 16.3. The first-order valence-electron chi connectivity index (χ1n) is 8.24. The summed E-state index contributed by atoms with van der Waals surface area (Å²) in [5, 5.41) is 5.93. The molecule has 3 atom stereocenters. The van der Waals surface area contributed by atoms with Gasteiger partial charge in [0.15, 0.2) is 0 Å². The smallest absolute Gasteiger partial charge is 0.226 e. The molecule has 2 aromatic carbocycles. The molecule has 122 valence electrons. The van der Waals surface area contributed by atoms with Gasteiger partial charge in [0.1, 0.15) is 0 Å². The third kappa shape index (κ3) is 2.96. The predicted octanol–water partition coefficient (Wildman–Crippen LogP) is 3.19. The van der Waals surface area contributed by atoms with Gasteiger partial charge in [0, 0.05) is 31.6 Å². The van der Waals surface area contributed by atoms with Crippen LogP contribution in [0.2, 0.25) is 0 Å². The fourth-order valence-electron chi connectivity index (χ4n) is 3.77. The summed E-state index contributed by atoms with van der Waals surface area (Å²) in [5.41, 5.74) is 1.35. The lowest BCUT2D eigenvalue weighted by Crippen LogP contribution is -2.52. The van der Waals surface area contributed by atoms with Crippen LogP contribution in [-0.4, -0.2) is 36.5 Å². The number of benzene rings is 2. The highest BCUT2D eigenvalue weighted by Gasteiger charge is 2.47. The van der Waals surface area contributed by atoms with Gasteiger partial charge in [0.05, 0.1) is 0 Å². The van der Waals surface area contributed by atoms with Crippen LogP contribution in [-0.2, 0) is 4.79 Å². The van der Waals surface area contributed by atoms with Crippen LogP contribution in [0.3, 0.4) is 0 Å². The minimum atomic E-state index is 0. The summed E-state index contributed by atoms with van der Waals surface area (Å²) in [4.78, 5) is 14.9. The molecule has 1 saturated carbocycles. The summed E-state index contributed by atoms with van der Waals surface area (Å²) in [5.74, 6) is 0.943. The molecule has 1 aliphatic carbocycles. The van der Waals surface area contributed by atoms with E-state index >= 15 is 0 Å². The van der Waals surface area contributed by atoms with Crippen molar-refractivity contribution in [2.75, 3.05) is 19.6 Å². The lowest BCUT2D eigenvalue weighted by Gasteiger charge is -2.34. The standard InChI is InChI=1S/C19H22N2O.ClH/c1-13-12-20-9-10-21(13)19(22)18-11-17(18)16-8-4-6-14-5-2-3-7-15(14)16;/h2-8,13,17-18,20H,9-12H2,1H3;1H/t13-,17?,18?;/m1./s1. The van der Waals surface area contributed by atoms with Crippen LogP contribution >= 0.6 is 12.4 Å². The van der Waals surface area contributed by atoms with Crippen molar-refractivity contribution in [3.63, 3.8) is 0 Å². The number of nitrogens with zero attached hydrogens (tertiary/aromatic N) is 1. The van der Waals surface area contributed by atoms with Gasteiger partial charge in [0.2, 0.25) is 5.91 Å². The van der Waals surface area contributed by atoms with Crippen LogP contribution in [0.1, 0.15) is 24.8 Å². The fourth-order valence-corrected chi connectivity index (χ4v) is 3.77. The van der Waals surface area contributed by atoms with Crippen LogP contribution in [0.5, 0.6) is 0 Å². The molecular weight excluding hydrogens is 308 g/mol. The van der Waals surface area contributed by atoms with Crippen molar-refractivity contribution in [3.05, 3.63) is 48.0 Å². The molecule has 1 heterocycles. The molecule has 0 aromatic heterocycles. The highest BCUT2D eigenvalue weighted by atomic mass is 35.5. The zero-order chi connectivity index (χ0) is 15.1. The van der Waals surface area contributed by atoms with Gasteiger partial charge in [-0.15, -0.1) is 12.4 Å². The van der Waals surface area contributed by atoms with Crippen molar-refractivity contribution < 1.29 is 4.79 Å². The number of hydrogen-bond donors (Lipinski definition) is 1. The number of carbonyl (C=O) groups excluding carboxylic acids is 1. The molecule has 1 aliphatic heterocycles. The Hall–Kier alpha value is -1.58. The first-order chi connectivity index (χ1) is 10.8. The average Bonchev–Trinajstić information content (AvgIpc) is 3.35. The SMILES string of the molecule is C[C@@H]1CNCCN1C(=O)C1CC1c1cccc2ccccc12.Cl. The van der Waals surface area contributed by atoms with Crippen molar-refractivity contribution >= 4 is 29.1 Å². The van der Waals surface area contributed by atoms with E-state index in [1.807, 2.05) is 0 Å². The number of nitrogens with one attached hydrogen (secondary N) is 1. The van der Waals surface area contributed by atoms with E-state index in [1.54, 1.807) is 0 Å². The van der Waals surface area contributed by atoms with E-state index < -0.39 is 0 Å². The third-order valence-electron chi connectivity index (χ3n) is 5.11. The highest BCUT2D eigenvalue weighted by molar-refractivity contribution is 5.89. The normalized spacial score (nSPS) is 26.7. The molecule has 1 amide bonds. The predicted molar refractivity (Wildman–Crippen MR) is 96.1 cm³/mol. The minimum absolute atomic E-state index is 0. The average molecular weight is 331 g/mol.